The van der Waals surface area contributed by atoms with Crippen molar-refractivity contribution in [2.24, 2.45) is 0 Å². The highest BCUT2D eigenvalue weighted by Crippen LogP contribution is 2.12. The van der Waals surface area contributed by atoms with E-state index in [-0.39, 0.29) is 5.78 Å². The summed E-state index contributed by atoms with van der Waals surface area (Å²) < 4.78 is 0.939. The highest BCUT2D eigenvalue weighted by molar-refractivity contribution is 9.10. The Kier molecular flexibility index (Phi) is 4.70. The Morgan fingerprint density at radius 2 is 1.75 bits per heavy atom. The molecule has 2 aromatic rings. The normalized spacial score (nSPS) is 10.2. The Labute approximate surface area is 125 Å². The molecule has 0 spiro atoms. The molecular weight excluding hydrogens is 316 g/mol. The molecule has 20 heavy (non-hydrogen) atoms. The third-order valence-corrected chi connectivity index (χ3v) is 3.16. The van der Waals surface area contributed by atoms with E-state index in [9.17, 15) is 4.79 Å². The molecule has 0 aliphatic rings. The Hall–Kier alpha value is -2.38. The van der Waals surface area contributed by atoms with Crippen molar-refractivity contribution in [2.75, 3.05) is 5.32 Å². The monoisotopic (exact) mass is 326 g/mol. The van der Waals surface area contributed by atoms with Gasteiger partial charge in [-0.2, -0.15) is 5.26 Å². The fourth-order valence-electron chi connectivity index (χ4n) is 1.56. The number of anilines is 1. The first kappa shape index (κ1) is 14.0. The zero-order chi connectivity index (χ0) is 14.4. The van der Waals surface area contributed by atoms with E-state index in [2.05, 4.69) is 27.3 Å². The molecule has 0 aliphatic heterocycles. The summed E-state index contributed by atoms with van der Waals surface area (Å²) in [6, 6.07) is 16.2. The largest absolute Gasteiger partial charge is 0.362 e. The van der Waals surface area contributed by atoms with Crippen molar-refractivity contribution < 1.29 is 4.79 Å². The van der Waals surface area contributed by atoms with Gasteiger partial charge in [-0.25, -0.2) is 0 Å². The van der Waals surface area contributed by atoms with E-state index in [0.29, 0.717) is 11.1 Å². The van der Waals surface area contributed by atoms with Crippen LogP contribution in [0.2, 0.25) is 0 Å². The second-order valence-corrected chi connectivity index (χ2v) is 4.95. The number of allylic oxidation sites excluding steroid dienone is 1. The summed E-state index contributed by atoms with van der Waals surface area (Å²) in [4.78, 5) is 11.9. The first-order valence-electron chi connectivity index (χ1n) is 5.92. The summed E-state index contributed by atoms with van der Waals surface area (Å²) in [7, 11) is 0. The molecule has 2 aromatic carbocycles. The summed E-state index contributed by atoms with van der Waals surface area (Å²) in [6.07, 6.45) is 3.06. The molecule has 3 nitrogen and oxygen atoms in total. The number of benzene rings is 2. The van der Waals surface area contributed by atoms with Gasteiger partial charge in [0.05, 0.1) is 11.6 Å². The average molecular weight is 327 g/mol. The summed E-state index contributed by atoms with van der Waals surface area (Å²) in [6.45, 7) is 0. The van der Waals surface area contributed by atoms with Gasteiger partial charge >= 0.3 is 0 Å². The fourth-order valence-corrected chi connectivity index (χ4v) is 1.83. The van der Waals surface area contributed by atoms with E-state index in [0.717, 1.165) is 10.2 Å². The Bertz CT molecular complexity index is 667. The van der Waals surface area contributed by atoms with Crippen molar-refractivity contribution in [2.45, 2.75) is 0 Å². The second-order valence-electron chi connectivity index (χ2n) is 4.04. The summed E-state index contributed by atoms with van der Waals surface area (Å²) in [5.74, 6) is -0.0707. The van der Waals surface area contributed by atoms with Crippen LogP contribution in [0.25, 0.3) is 0 Å². The van der Waals surface area contributed by atoms with E-state index >= 15 is 0 Å². The molecule has 0 heterocycles. The number of carbonyl (C=O) groups excluding carboxylic acids is 1. The van der Waals surface area contributed by atoms with Crippen LogP contribution in [-0.4, -0.2) is 5.78 Å². The van der Waals surface area contributed by atoms with E-state index in [1.807, 2.05) is 12.1 Å². The SMILES string of the molecule is N#Cc1ccc(N/C=C/C(=O)c2ccc(Br)cc2)cc1. The summed E-state index contributed by atoms with van der Waals surface area (Å²) in [5, 5.41) is 11.7. The Morgan fingerprint density at radius 3 is 2.35 bits per heavy atom. The maximum absolute atomic E-state index is 11.9. The zero-order valence-corrected chi connectivity index (χ0v) is 12.1. The van der Waals surface area contributed by atoms with Gasteiger partial charge < -0.3 is 5.32 Å². The van der Waals surface area contributed by atoms with Crippen molar-refractivity contribution in [1.29, 1.82) is 5.26 Å². The fraction of sp³-hybridized carbons (Fsp3) is 0. The number of halogens is 1. The van der Waals surface area contributed by atoms with Crippen LogP contribution in [0.1, 0.15) is 15.9 Å². The van der Waals surface area contributed by atoms with Crippen LogP contribution in [0.15, 0.2) is 65.3 Å². The maximum atomic E-state index is 11.9. The number of carbonyl (C=O) groups is 1. The molecule has 0 aromatic heterocycles. The third kappa shape index (κ3) is 3.81. The lowest BCUT2D eigenvalue weighted by molar-refractivity contribution is 0.104. The molecule has 0 radical (unpaired) electrons. The van der Waals surface area contributed by atoms with E-state index in [4.69, 9.17) is 5.26 Å². The van der Waals surface area contributed by atoms with E-state index in [1.165, 1.54) is 6.08 Å². The molecule has 4 heteroatoms. The number of hydrogen-bond donors (Lipinski definition) is 1. The first-order chi connectivity index (χ1) is 9.69. The zero-order valence-electron chi connectivity index (χ0n) is 10.5. The van der Waals surface area contributed by atoms with Crippen molar-refractivity contribution >= 4 is 27.4 Å². The minimum absolute atomic E-state index is 0.0707. The smallest absolute Gasteiger partial charge is 0.187 e. The highest BCUT2D eigenvalue weighted by Gasteiger charge is 2.00. The predicted molar refractivity (Wildman–Crippen MR) is 82.4 cm³/mol. The molecular formula is C16H11BrN2O. The number of nitrogens with one attached hydrogen (secondary N) is 1. The lowest BCUT2D eigenvalue weighted by Crippen LogP contribution is -1.96. The topological polar surface area (TPSA) is 52.9 Å². The van der Waals surface area contributed by atoms with Gasteiger partial charge in [0, 0.05) is 28.0 Å². The van der Waals surface area contributed by atoms with Crippen molar-refractivity contribution in [3.05, 3.63) is 76.4 Å². The van der Waals surface area contributed by atoms with Crippen molar-refractivity contribution in [1.82, 2.24) is 0 Å². The molecule has 0 saturated heterocycles. The highest BCUT2D eigenvalue weighted by atomic mass is 79.9. The number of nitriles is 1. The minimum Gasteiger partial charge on any atom is -0.362 e. The van der Waals surface area contributed by atoms with Crippen LogP contribution in [-0.2, 0) is 0 Å². The van der Waals surface area contributed by atoms with Gasteiger partial charge in [0.15, 0.2) is 5.78 Å². The predicted octanol–water partition coefficient (Wildman–Crippen LogP) is 4.13. The molecule has 0 saturated carbocycles. The molecule has 0 unspecified atom stereocenters. The van der Waals surface area contributed by atoms with E-state index < -0.39 is 0 Å². The lowest BCUT2D eigenvalue weighted by Gasteiger charge is -2.00. The van der Waals surface area contributed by atoms with Gasteiger partial charge in [-0.1, -0.05) is 15.9 Å². The average Bonchev–Trinajstić information content (AvgIpc) is 2.48. The van der Waals surface area contributed by atoms with Crippen LogP contribution in [0.3, 0.4) is 0 Å². The van der Waals surface area contributed by atoms with Crippen molar-refractivity contribution in [3.8, 4) is 6.07 Å². The van der Waals surface area contributed by atoms with Crippen molar-refractivity contribution in [3.63, 3.8) is 0 Å². The molecule has 2 rings (SSSR count). The van der Waals surface area contributed by atoms with Gasteiger partial charge in [0.1, 0.15) is 0 Å². The lowest BCUT2D eigenvalue weighted by atomic mass is 10.1. The number of ketones is 1. The van der Waals surface area contributed by atoms with Crippen LogP contribution in [0, 0.1) is 11.3 Å². The minimum atomic E-state index is -0.0707. The molecule has 0 bridgehead atoms. The number of rotatable bonds is 4. The van der Waals surface area contributed by atoms with Crippen LogP contribution < -0.4 is 5.32 Å². The molecule has 0 atom stereocenters. The molecule has 98 valence electrons. The van der Waals surface area contributed by atoms with Crippen LogP contribution in [0.4, 0.5) is 5.69 Å². The standard InChI is InChI=1S/C16H11BrN2O/c17-14-5-3-13(4-6-14)16(20)9-10-19-15-7-1-12(11-18)2-8-15/h1-10,19H/b10-9+. The van der Waals surface area contributed by atoms with E-state index in [1.54, 1.807) is 42.6 Å². The summed E-state index contributed by atoms with van der Waals surface area (Å²) in [5.41, 5.74) is 2.06. The Morgan fingerprint density at radius 1 is 1.10 bits per heavy atom. The summed E-state index contributed by atoms with van der Waals surface area (Å²) >= 11 is 3.32. The first-order valence-corrected chi connectivity index (χ1v) is 6.71. The van der Waals surface area contributed by atoms with Gasteiger partial charge in [-0.15, -0.1) is 0 Å². The quantitative estimate of drug-likeness (QED) is 0.678. The molecule has 0 fully saturated rings. The van der Waals surface area contributed by atoms with Gasteiger partial charge in [0.2, 0.25) is 0 Å². The van der Waals surface area contributed by atoms with Gasteiger partial charge in [-0.3, -0.25) is 4.79 Å². The molecule has 1 N–H and O–H groups in total. The van der Waals surface area contributed by atoms with Gasteiger partial charge in [0.25, 0.3) is 0 Å². The number of hydrogen-bond acceptors (Lipinski definition) is 3. The van der Waals surface area contributed by atoms with Crippen LogP contribution in [0.5, 0.6) is 0 Å². The Balaban J connectivity index is 1.97. The molecule has 0 aliphatic carbocycles. The number of nitrogens with zero attached hydrogens (tertiary/aromatic N) is 1. The molecule has 0 amide bonds. The second kappa shape index (κ2) is 6.69. The van der Waals surface area contributed by atoms with Crippen LogP contribution >= 0.6 is 15.9 Å². The maximum Gasteiger partial charge on any atom is 0.187 e. The third-order valence-electron chi connectivity index (χ3n) is 2.63. The van der Waals surface area contributed by atoms with Gasteiger partial charge in [-0.05, 0) is 48.5 Å².